The van der Waals surface area contributed by atoms with Crippen molar-refractivity contribution in [3.8, 4) is 0 Å². The maximum absolute atomic E-state index is 12.5. The highest BCUT2D eigenvalue weighted by atomic mass is 31.2. The number of aliphatic hydroxyl groups is 2. The Kier molecular flexibility index (Phi) is 34.2. The second kappa shape index (κ2) is 35.1. The SMILES string of the molecule is CCCCCCCC/C=C\CCCCCCCCCC(=O)OC(COC(=O)CCCCCCCCCCC)COP(=O)(O)OCC(O)CO. The molecule has 0 radical (unpaired) electrons. The Morgan fingerprint density at radius 2 is 1.00 bits per heavy atom. The van der Waals surface area contributed by atoms with Crippen LogP contribution in [-0.4, -0.2) is 65.7 Å². The maximum atomic E-state index is 12.5. The first kappa shape index (κ1) is 47.7. The van der Waals surface area contributed by atoms with Crippen LogP contribution in [0.2, 0.25) is 0 Å². The molecule has 0 amide bonds. The van der Waals surface area contributed by atoms with Crippen LogP contribution in [0.4, 0.5) is 0 Å². The van der Waals surface area contributed by atoms with E-state index in [0.29, 0.717) is 12.8 Å². The Bertz CT molecular complexity index is 837. The Hall–Kier alpha value is -1.29. The number of rotatable bonds is 37. The summed E-state index contributed by atoms with van der Waals surface area (Å²) in [7, 11) is -4.60. The molecule has 0 heterocycles. The fraction of sp³-hybridized carbons (Fsp3) is 0.895. The summed E-state index contributed by atoms with van der Waals surface area (Å²) < 4.78 is 32.5. The van der Waals surface area contributed by atoms with Gasteiger partial charge in [-0.1, -0.05) is 142 Å². The molecule has 0 rings (SSSR count). The Balaban J connectivity index is 4.30. The lowest BCUT2D eigenvalue weighted by molar-refractivity contribution is -0.161. The Morgan fingerprint density at radius 1 is 0.592 bits per heavy atom. The summed E-state index contributed by atoms with van der Waals surface area (Å²) in [5.74, 6) is -0.927. The van der Waals surface area contributed by atoms with E-state index in [1.54, 1.807) is 0 Å². The summed E-state index contributed by atoms with van der Waals surface area (Å²) in [6.45, 7) is 2.35. The lowest BCUT2D eigenvalue weighted by atomic mass is 10.1. The van der Waals surface area contributed by atoms with Gasteiger partial charge in [-0.15, -0.1) is 0 Å². The summed E-state index contributed by atoms with van der Waals surface area (Å²) in [6.07, 6.45) is 30.4. The molecule has 0 spiro atoms. The third-order valence-corrected chi connectivity index (χ3v) is 9.37. The minimum Gasteiger partial charge on any atom is -0.462 e. The minimum absolute atomic E-state index is 0.183. The number of allylic oxidation sites excluding steroid dienone is 2. The number of hydrogen-bond acceptors (Lipinski definition) is 9. The van der Waals surface area contributed by atoms with Gasteiger partial charge >= 0.3 is 19.8 Å². The lowest BCUT2D eigenvalue weighted by Gasteiger charge is -2.20. The molecule has 0 aromatic carbocycles. The van der Waals surface area contributed by atoms with E-state index in [4.69, 9.17) is 19.1 Å². The van der Waals surface area contributed by atoms with Crippen LogP contribution in [0.1, 0.15) is 181 Å². The van der Waals surface area contributed by atoms with Crippen molar-refractivity contribution in [1.82, 2.24) is 0 Å². The van der Waals surface area contributed by atoms with Crippen LogP contribution < -0.4 is 0 Å². The molecule has 10 nitrogen and oxygen atoms in total. The molecule has 3 atom stereocenters. The molecule has 3 N–H and O–H groups in total. The van der Waals surface area contributed by atoms with Gasteiger partial charge in [0.25, 0.3) is 0 Å². The quantitative estimate of drug-likeness (QED) is 0.0245. The van der Waals surface area contributed by atoms with Crippen molar-refractivity contribution >= 4 is 19.8 Å². The van der Waals surface area contributed by atoms with Crippen molar-refractivity contribution < 1.29 is 47.8 Å². The number of aliphatic hydroxyl groups excluding tert-OH is 2. The van der Waals surface area contributed by atoms with Gasteiger partial charge in [-0.2, -0.15) is 0 Å². The predicted octanol–water partition coefficient (Wildman–Crippen LogP) is 9.67. The number of phosphoric ester groups is 1. The third-order valence-electron chi connectivity index (χ3n) is 8.42. The molecule has 0 aliphatic rings. The van der Waals surface area contributed by atoms with Gasteiger partial charge in [0, 0.05) is 12.8 Å². The van der Waals surface area contributed by atoms with Crippen LogP contribution >= 0.6 is 7.82 Å². The molecule has 0 saturated carbocycles. The zero-order valence-corrected chi connectivity index (χ0v) is 32.1. The first-order chi connectivity index (χ1) is 23.7. The molecular formula is C38H73O10P. The zero-order chi connectivity index (χ0) is 36.3. The summed E-state index contributed by atoms with van der Waals surface area (Å²) in [5, 5.41) is 18.3. The monoisotopic (exact) mass is 720 g/mol. The molecule has 0 saturated heterocycles. The predicted molar refractivity (Wildman–Crippen MR) is 196 cm³/mol. The molecule has 0 fully saturated rings. The standard InChI is InChI=1S/C38H73O10P/c1-3-5-7-9-11-13-14-15-16-17-18-19-20-22-24-26-28-30-38(42)48-36(34-47-49(43,44)46-32-35(40)31-39)33-45-37(41)29-27-25-23-21-12-10-8-6-4-2/h15-16,35-36,39-40H,3-14,17-34H2,1-2H3,(H,43,44)/b16-15-. The second-order valence-electron chi connectivity index (χ2n) is 13.3. The van der Waals surface area contributed by atoms with Crippen molar-refractivity contribution in [1.29, 1.82) is 0 Å². The fourth-order valence-electron chi connectivity index (χ4n) is 5.34. The number of carbonyl (C=O) groups is 2. The van der Waals surface area contributed by atoms with Crippen molar-refractivity contribution in [2.45, 2.75) is 193 Å². The number of hydrogen-bond donors (Lipinski definition) is 3. The summed E-state index contributed by atoms with van der Waals surface area (Å²) in [5.41, 5.74) is 0. The molecule has 0 aromatic rings. The van der Waals surface area contributed by atoms with Gasteiger partial charge in [0.15, 0.2) is 6.10 Å². The lowest BCUT2D eigenvalue weighted by Crippen LogP contribution is -2.29. The normalized spacial score (nSPS) is 14.1. The average Bonchev–Trinajstić information content (AvgIpc) is 3.09. The molecule has 0 aliphatic heterocycles. The molecule has 290 valence electrons. The highest BCUT2D eigenvalue weighted by molar-refractivity contribution is 7.47. The van der Waals surface area contributed by atoms with Crippen LogP contribution in [0.5, 0.6) is 0 Å². The Morgan fingerprint density at radius 3 is 1.47 bits per heavy atom. The van der Waals surface area contributed by atoms with Crippen LogP contribution in [0, 0.1) is 0 Å². The van der Waals surface area contributed by atoms with E-state index in [1.165, 1.54) is 96.3 Å². The second-order valence-corrected chi connectivity index (χ2v) is 14.8. The van der Waals surface area contributed by atoms with E-state index in [9.17, 15) is 24.2 Å². The average molecular weight is 721 g/mol. The van der Waals surface area contributed by atoms with Crippen LogP contribution in [0.15, 0.2) is 12.2 Å². The van der Waals surface area contributed by atoms with Crippen molar-refractivity contribution in [2.24, 2.45) is 0 Å². The number of esters is 2. The van der Waals surface area contributed by atoms with E-state index in [0.717, 1.165) is 44.9 Å². The summed E-state index contributed by atoms with van der Waals surface area (Å²) >= 11 is 0. The molecule has 11 heteroatoms. The number of unbranched alkanes of at least 4 members (excludes halogenated alkanes) is 21. The first-order valence-corrected chi connectivity index (χ1v) is 21.1. The zero-order valence-electron chi connectivity index (χ0n) is 31.2. The molecule has 0 bridgehead atoms. The van der Waals surface area contributed by atoms with Gasteiger partial charge < -0.3 is 24.6 Å². The summed E-state index contributed by atoms with van der Waals surface area (Å²) in [6, 6.07) is 0. The van der Waals surface area contributed by atoms with Crippen LogP contribution in [-0.2, 0) is 32.7 Å². The first-order valence-electron chi connectivity index (χ1n) is 19.6. The molecule has 49 heavy (non-hydrogen) atoms. The topological polar surface area (TPSA) is 149 Å². The molecule has 3 unspecified atom stereocenters. The van der Waals surface area contributed by atoms with E-state index >= 15 is 0 Å². The minimum atomic E-state index is -4.60. The van der Waals surface area contributed by atoms with Crippen molar-refractivity contribution in [3.05, 3.63) is 12.2 Å². The Labute approximate surface area is 298 Å². The maximum Gasteiger partial charge on any atom is 0.472 e. The van der Waals surface area contributed by atoms with Gasteiger partial charge in [-0.05, 0) is 38.5 Å². The molecule has 0 aliphatic carbocycles. The van der Waals surface area contributed by atoms with E-state index < -0.39 is 51.8 Å². The van der Waals surface area contributed by atoms with Crippen molar-refractivity contribution in [3.63, 3.8) is 0 Å². The number of ether oxygens (including phenoxy) is 2. The smallest absolute Gasteiger partial charge is 0.462 e. The largest absolute Gasteiger partial charge is 0.472 e. The number of phosphoric acid groups is 1. The van der Waals surface area contributed by atoms with Gasteiger partial charge in [0.2, 0.25) is 0 Å². The van der Waals surface area contributed by atoms with Crippen LogP contribution in [0.3, 0.4) is 0 Å². The fourth-order valence-corrected chi connectivity index (χ4v) is 6.13. The third kappa shape index (κ3) is 34.9. The van der Waals surface area contributed by atoms with E-state index in [2.05, 4.69) is 30.5 Å². The van der Waals surface area contributed by atoms with Gasteiger partial charge in [0.1, 0.15) is 12.7 Å². The molecular weight excluding hydrogens is 647 g/mol. The highest BCUT2D eigenvalue weighted by Crippen LogP contribution is 2.43. The number of carbonyl (C=O) groups excluding carboxylic acids is 2. The highest BCUT2D eigenvalue weighted by Gasteiger charge is 2.27. The van der Waals surface area contributed by atoms with Crippen molar-refractivity contribution in [2.75, 3.05) is 26.4 Å². The molecule has 0 aromatic heterocycles. The van der Waals surface area contributed by atoms with Gasteiger partial charge in [-0.3, -0.25) is 18.6 Å². The van der Waals surface area contributed by atoms with Gasteiger partial charge in [0.05, 0.1) is 19.8 Å². The van der Waals surface area contributed by atoms with Gasteiger partial charge in [-0.25, -0.2) is 4.57 Å². The summed E-state index contributed by atoms with van der Waals surface area (Å²) in [4.78, 5) is 34.8. The van der Waals surface area contributed by atoms with E-state index in [1.807, 2.05) is 0 Å². The van der Waals surface area contributed by atoms with E-state index in [-0.39, 0.29) is 19.4 Å². The van der Waals surface area contributed by atoms with Crippen LogP contribution in [0.25, 0.3) is 0 Å².